The summed E-state index contributed by atoms with van der Waals surface area (Å²) in [6.07, 6.45) is 3.78. The highest BCUT2D eigenvalue weighted by Crippen LogP contribution is 2.19. The largest absolute Gasteiger partial charge is 0.452 e. The molecule has 4 rings (SSSR count). The van der Waals surface area contributed by atoms with Crippen molar-refractivity contribution in [3.63, 3.8) is 0 Å². The smallest absolute Gasteiger partial charge is 0.338 e. The number of rotatable bonds is 6. The lowest BCUT2D eigenvalue weighted by atomic mass is 10.1. The summed E-state index contributed by atoms with van der Waals surface area (Å²) in [5.41, 5.74) is 2.22. The van der Waals surface area contributed by atoms with Crippen molar-refractivity contribution in [3.05, 3.63) is 84.2 Å². The molecule has 2 heterocycles. The van der Waals surface area contributed by atoms with Crippen LogP contribution in [0.5, 0.6) is 0 Å². The second kappa shape index (κ2) is 9.60. The fourth-order valence-corrected chi connectivity index (χ4v) is 5.17. The molecule has 0 unspecified atom stereocenters. The van der Waals surface area contributed by atoms with E-state index in [9.17, 15) is 18.0 Å². The molecule has 0 aliphatic carbocycles. The molecule has 1 fully saturated rings. The second-order valence-electron chi connectivity index (χ2n) is 7.77. The van der Waals surface area contributed by atoms with Crippen LogP contribution in [0.1, 0.15) is 15.9 Å². The first-order valence-corrected chi connectivity index (χ1v) is 12.0. The van der Waals surface area contributed by atoms with Crippen LogP contribution in [0.15, 0.2) is 78.0 Å². The molecule has 0 saturated carbocycles. The van der Waals surface area contributed by atoms with E-state index in [2.05, 4.69) is 0 Å². The van der Waals surface area contributed by atoms with E-state index in [1.165, 1.54) is 9.21 Å². The van der Waals surface area contributed by atoms with Crippen molar-refractivity contribution in [1.29, 1.82) is 0 Å². The molecule has 0 N–H and O–H groups in total. The quantitative estimate of drug-likeness (QED) is 0.520. The number of nitrogens with zero attached hydrogens (tertiary/aromatic N) is 3. The summed E-state index contributed by atoms with van der Waals surface area (Å²) in [6, 6.07) is 17.2. The molecule has 0 spiro atoms. The molecule has 0 bridgehead atoms. The van der Waals surface area contributed by atoms with Gasteiger partial charge in [0.1, 0.15) is 0 Å². The summed E-state index contributed by atoms with van der Waals surface area (Å²) < 4.78 is 34.0. The van der Waals surface area contributed by atoms with E-state index in [1.807, 2.05) is 42.1 Å². The van der Waals surface area contributed by atoms with E-state index >= 15 is 0 Å². The number of amides is 1. The Kier molecular flexibility index (Phi) is 6.62. The van der Waals surface area contributed by atoms with Crippen LogP contribution in [0, 0.1) is 6.92 Å². The molecule has 3 aromatic rings. The third kappa shape index (κ3) is 4.99. The Hall–Kier alpha value is -3.43. The molecule has 1 amide bonds. The van der Waals surface area contributed by atoms with Crippen LogP contribution in [0.4, 0.5) is 0 Å². The molecular formula is C24H25N3O5S. The summed E-state index contributed by atoms with van der Waals surface area (Å²) >= 11 is 0. The fraction of sp³-hybridized carbons (Fsp3) is 0.250. The molecule has 2 aromatic carbocycles. The Morgan fingerprint density at radius 1 is 0.909 bits per heavy atom. The molecule has 0 radical (unpaired) electrons. The first-order chi connectivity index (χ1) is 15.9. The van der Waals surface area contributed by atoms with E-state index in [0.29, 0.717) is 5.56 Å². The van der Waals surface area contributed by atoms with Gasteiger partial charge < -0.3 is 14.2 Å². The van der Waals surface area contributed by atoms with Gasteiger partial charge in [-0.1, -0.05) is 24.3 Å². The number of carbonyl (C=O) groups excluding carboxylic acids is 2. The molecule has 0 atom stereocenters. The lowest BCUT2D eigenvalue weighted by Crippen LogP contribution is -2.51. The second-order valence-corrected chi connectivity index (χ2v) is 9.70. The number of benzene rings is 2. The van der Waals surface area contributed by atoms with Crippen LogP contribution in [0.3, 0.4) is 0 Å². The first kappa shape index (κ1) is 22.8. The normalized spacial score (nSPS) is 14.8. The first-order valence-electron chi connectivity index (χ1n) is 10.6. The number of sulfonamides is 1. The van der Waals surface area contributed by atoms with Gasteiger partial charge in [-0.15, -0.1) is 0 Å². The maximum absolute atomic E-state index is 12.7. The highest BCUT2D eigenvalue weighted by atomic mass is 32.2. The van der Waals surface area contributed by atoms with Gasteiger partial charge in [0.05, 0.1) is 10.5 Å². The highest BCUT2D eigenvalue weighted by molar-refractivity contribution is 7.89. The van der Waals surface area contributed by atoms with Gasteiger partial charge in [-0.25, -0.2) is 13.2 Å². The minimum atomic E-state index is -3.59. The lowest BCUT2D eigenvalue weighted by molar-refractivity contribution is -0.135. The average molecular weight is 468 g/mol. The number of ether oxygens (including phenoxy) is 1. The van der Waals surface area contributed by atoms with E-state index < -0.39 is 22.6 Å². The number of esters is 1. The molecule has 9 heteroatoms. The Labute approximate surface area is 193 Å². The fourth-order valence-electron chi connectivity index (χ4n) is 3.73. The summed E-state index contributed by atoms with van der Waals surface area (Å²) in [6.45, 7) is 2.42. The van der Waals surface area contributed by atoms with Crippen LogP contribution in [-0.2, 0) is 19.6 Å². The van der Waals surface area contributed by atoms with Gasteiger partial charge in [0, 0.05) is 44.3 Å². The van der Waals surface area contributed by atoms with Gasteiger partial charge in [-0.3, -0.25) is 4.79 Å². The third-order valence-electron chi connectivity index (χ3n) is 5.63. The standard InChI is InChI=1S/C24H25N3O5S/c1-19-9-10-20(17-22(19)25-11-5-6-12-25)24(29)32-18-23(28)26-13-15-27(16-14-26)33(30,31)21-7-3-2-4-8-21/h2-12,17H,13-16,18H2,1H3. The number of aryl methyl sites for hydroxylation is 1. The number of aromatic nitrogens is 1. The lowest BCUT2D eigenvalue weighted by Gasteiger charge is -2.33. The van der Waals surface area contributed by atoms with Gasteiger partial charge in [0.15, 0.2) is 6.61 Å². The molecule has 1 saturated heterocycles. The molecule has 172 valence electrons. The summed E-state index contributed by atoms with van der Waals surface area (Å²) in [5.74, 6) is -0.931. The van der Waals surface area contributed by atoms with Crippen LogP contribution < -0.4 is 0 Å². The Bertz CT molecular complexity index is 1230. The van der Waals surface area contributed by atoms with E-state index in [4.69, 9.17) is 4.74 Å². The zero-order chi connectivity index (χ0) is 23.4. The third-order valence-corrected chi connectivity index (χ3v) is 7.54. The van der Waals surface area contributed by atoms with E-state index in [-0.39, 0.29) is 37.0 Å². The van der Waals surface area contributed by atoms with Crippen molar-refractivity contribution in [3.8, 4) is 5.69 Å². The van der Waals surface area contributed by atoms with Crippen molar-refractivity contribution < 1.29 is 22.7 Å². The van der Waals surface area contributed by atoms with Crippen molar-refractivity contribution in [2.45, 2.75) is 11.8 Å². The van der Waals surface area contributed by atoms with Crippen LogP contribution in [0.25, 0.3) is 5.69 Å². The monoisotopic (exact) mass is 467 g/mol. The topological polar surface area (TPSA) is 88.9 Å². The Morgan fingerprint density at radius 3 is 2.24 bits per heavy atom. The average Bonchev–Trinajstić information content (AvgIpc) is 3.38. The zero-order valence-electron chi connectivity index (χ0n) is 18.3. The summed E-state index contributed by atoms with van der Waals surface area (Å²) in [4.78, 5) is 26.8. The molecule has 8 nitrogen and oxygen atoms in total. The zero-order valence-corrected chi connectivity index (χ0v) is 19.1. The summed E-state index contributed by atoms with van der Waals surface area (Å²) in [7, 11) is -3.59. The molecule has 1 aromatic heterocycles. The van der Waals surface area contributed by atoms with Crippen molar-refractivity contribution in [2.24, 2.45) is 0 Å². The number of piperazine rings is 1. The number of hydrogen-bond acceptors (Lipinski definition) is 5. The predicted octanol–water partition coefficient (Wildman–Crippen LogP) is 2.48. The Morgan fingerprint density at radius 2 is 1.58 bits per heavy atom. The van der Waals surface area contributed by atoms with Crippen molar-refractivity contribution in [1.82, 2.24) is 13.8 Å². The molecule has 1 aliphatic heterocycles. The highest BCUT2D eigenvalue weighted by Gasteiger charge is 2.30. The van der Waals surface area contributed by atoms with Crippen LogP contribution >= 0.6 is 0 Å². The van der Waals surface area contributed by atoms with Gasteiger partial charge in [0.25, 0.3) is 5.91 Å². The van der Waals surface area contributed by atoms with E-state index in [1.54, 1.807) is 42.5 Å². The maximum atomic E-state index is 12.7. The predicted molar refractivity (Wildman–Crippen MR) is 123 cm³/mol. The van der Waals surface area contributed by atoms with Crippen molar-refractivity contribution >= 4 is 21.9 Å². The maximum Gasteiger partial charge on any atom is 0.338 e. The molecule has 1 aliphatic rings. The van der Waals surface area contributed by atoms with E-state index in [0.717, 1.165) is 11.3 Å². The number of carbonyl (C=O) groups is 2. The van der Waals surface area contributed by atoms with Gasteiger partial charge in [-0.05, 0) is 48.9 Å². The Balaban J connectivity index is 1.32. The summed E-state index contributed by atoms with van der Waals surface area (Å²) in [5, 5.41) is 0. The van der Waals surface area contributed by atoms with Gasteiger partial charge in [-0.2, -0.15) is 4.31 Å². The SMILES string of the molecule is Cc1ccc(C(=O)OCC(=O)N2CCN(S(=O)(=O)c3ccccc3)CC2)cc1-n1cccc1. The molecular weight excluding hydrogens is 442 g/mol. The molecule has 33 heavy (non-hydrogen) atoms. The van der Waals surface area contributed by atoms with Crippen LogP contribution in [-0.4, -0.2) is 66.9 Å². The number of hydrogen-bond donors (Lipinski definition) is 0. The minimum Gasteiger partial charge on any atom is -0.452 e. The van der Waals surface area contributed by atoms with Gasteiger partial charge in [0.2, 0.25) is 10.0 Å². The van der Waals surface area contributed by atoms with Crippen molar-refractivity contribution in [2.75, 3.05) is 32.8 Å². The minimum absolute atomic E-state index is 0.190. The van der Waals surface area contributed by atoms with Gasteiger partial charge >= 0.3 is 5.97 Å². The van der Waals surface area contributed by atoms with Crippen LogP contribution in [0.2, 0.25) is 0 Å².